The predicted molar refractivity (Wildman–Crippen MR) is 99.5 cm³/mol. The molecule has 0 aliphatic rings. The minimum Gasteiger partial charge on any atom is -0.508 e. The van der Waals surface area contributed by atoms with Crippen LogP contribution in [-0.4, -0.2) is 29.3 Å². The molecule has 146 valence electrons. The molecule has 1 amide bonds. The van der Waals surface area contributed by atoms with Crippen LogP contribution < -0.4 is 5.32 Å². The molecule has 0 fully saturated rings. The molecule has 2 N–H and O–H groups in total. The third-order valence-electron chi connectivity index (χ3n) is 3.70. The molecular formula is C19H15F2NO5S. The number of aromatic hydroxyl groups is 1. The van der Waals surface area contributed by atoms with Crippen molar-refractivity contribution in [3.8, 4) is 5.75 Å². The van der Waals surface area contributed by atoms with Gasteiger partial charge in [-0.2, -0.15) is 8.78 Å². The quantitative estimate of drug-likeness (QED) is 0.451. The maximum atomic E-state index is 12.3. The van der Waals surface area contributed by atoms with Crippen molar-refractivity contribution in [2.24, 2.45) is 0 Å². The standard InChI is InChI=1S/C19H15F2NO5S/c20-19(21)28-14-4-1-12(2-5-14)22-17(24)10-27-18(25)7-11-9-26-16-8-13(23)3-6-15(11)16/h1-6,8-9,19,23H,7,10H2,(H,22,24). The highest BCUT2D eigenvalue weighted by Gasteiger charge is 2.14. The number of hydrogen-bond donors (Lipinski definition) is 2. The van der Waals surface area contributed by atoms with Crippen LogP contribution in [0.4, 0.5) is 14.5 Å². The topological polar surface area (TPSA) is 88.8 Å². The zero-order valence-electron chi connectivity index (χ0n) is 14.4. The second-order valence-corrected chi connectivity index (χ2v) is 6.79. The number of benzene rings is 2. The lowest BCUT2D eigenvalue weighted by atomic mass is 10.1. The molecule has 0 radical (unpaired) electrons. The van der Waals surface area contributed by atoms with Crippen LogP contribution in [0.25, 0.3) is 11.0 Å². The Hall–Kier alpha value is -3.07. The predicted octanol–water partition coefficient (Wildman–Crippen LogP) is 4.18. The molecule has 0 spiro atoms. The maximum absolute atomic E-state index is 12.3. The summed E-state index contributed by atoms with van der Waals surface area (Å²) in [5.74, 6) is -3.63. The normalized spacial score (nSPS) is 11.0. The maximum Gasteiger partial charge on any atom is 0.310 e. The summed E-state index contributed by atoms with van der Waals surface area (Å²) >= 11 is 0.406. The molecule has 0 aliphatic heterocycles. The molecule has 0 unspecified atom stereocenters. The lowest BCUT2D eigenvalue weighted by molar-refractivity contribution is -0.146. The van der Waals surface area contributed by atoms with E-state index in [-0.39, 0.29) is 12.2 Å². The summed E-state index contributed by atoms with van der Waals surface area (Å²) in [5.41, 5.74) is 1.42. The number of phenols is 1. The second-order valence-electron chi connectivity index (χ2n) is 5.73. The van der Waals surface area contributed by atoms with Gasteiger partial charge in [-0.25, -0.2) is 0 Å². The average Bonchev–Trinajstić information content (AvgIpc) is 3.03. The van der Waals surface area contributed by atoms with Gasteiger partial charge in [0.15, 0.2) is 6.61 Å². The number of ether oxygens (including phenoxy) is 1. The summed E-state index contributed by atoms with van der Waals surface area (Å²) in [6.45, 7) is -0.483. The number of alkyl halides is 2. The highest BCUT2D eigenvalue weighted by Crippen LogP contribution is 2.26. The number of carbonyl (C=O) groups is 2. The molecule has 0 saturated carbocycles. The van der Waals surface area contributed by atoms with Crippen molar-refractivity contribution in [3.05, 3.63) is 54.3 Å². The zero-order chi connectivity index (χ0) is 20.1. The molecule has 3 rings (SSSR count). The fourth-order valence-electron chi connectivity index (χ4n) is 2.48. The van der Waals surface area contributed by atoms with E-state index in [0.29, 0.717) is 38.9 Å². The van der Waals surface area contributed by atoms with Gasteiger partial charge in [-0.15, -0.1) is 0 Å². The van der Waals surface area contributed by atoms with Crippen LogP contribution >= 0.6 is 11.8 Å². The molecule has 0 aliphatic carbocycles. The number of esters is 1. The van der Waals surface area contributed by atoms with Crippen LogP contribution in [0, 0.1) is 0 Å². The Morgan fingerprint density at radius 1 is 1.18 bits per heavy atom. The van der Waals surface area contributed by atoms with Gasteiger partial charge in [-0.1, -0.05) is 11.8 Å². The Balaban J connectivity index is 1.49. The van der Waals surface area contributed by atoms with Crippen molar-refractivity contribution in [2.75, 3.05) is 11.9 Å². The van der Waals surface area contributed by atoms with Crippen molar-refractivity contribution in [3.63, 3.8) is 0 Å². The van der Waals surface area contributed by atoms with E-state index in [2.05, 4.69) is 5.32 Å². The summed E-state index contributed by atoms with van der Waals surface area (Å²) in [6, 6.07) is 10.4. The highest BCUT2D eigenvalue weighted by atomic mass is 32.2. The largest absolute Gasteiger partial charge is 0.508 e. The summed E-state index contributed by atoms with van der Waals surface area (Å²) in [6.07, 6.45) is 1.30. The Bertz CT molecular complexity index is 988. The third kappa shape index (κ3) is 5.23. The van der Waals surface area contributed by atoms with Crippen molar-refractivity contribution < 1.29 is 32.6 Å². The van der Waals surface area contributed by atoms with Gasteiger partial charge in [0.05, 0.1) is 12.7 Å². The molecule has 9 heteroatoms. The van der Waals surface area contributed by atoms with E-state index in [1.165, 1.54) is 42.7 Å². The molecule has 3 aromatic rings. The lowest BCUT2D eigenvalue weighted by Crippen LogP contribution is -2.21. The summed E-state index contributed by atoms with van der Waals surface area (Å²) in [4.78, 5) is 24.2. The fraction of sp³-hybridized carbons (Fsp3) is 0.158. The summed E-state index contributed by atoms with van der Waals surface area (Å²) in [5, 5.41) is 12.6. The summed E-state index contributed by atoms with van der Waals surface area (Å²) < 4.78 is 34.8. The number of phenolic OH excluding ortho intramolecular Hbond substituents is 1. The van der Waals surface area contributed by atoms with Crippen LogP contribution in [0.1, 0.15) is 5.56 Å². The van der Waals surface area contributed by atoms with Crippen LogP contribution in [0.2, 0.25) is 0 Å². The lowest BCUT2D eigenvalue weighted by Gasteiger charge is -2.07. The second kappa shape index (κ2) is 8.75. The first-order valence-corrected chi connectivity index (χ1v) is 8.98. The van der Waals surface area contributed by atoms with Crippen LogP contribution in [-0.2, 0) is 20.7 Å². The molecular weight excluding hydrogens is 392 g/mol. The van der Waals surface area contributed by atoms with E-state index >= 15 is 0 Å². The van der Waals surface area contributed by atoms with Crippen LogP contribution in [0.3, 0.4) is 0 Å². The van der Waals surface area contributed by atoms with E-state index < -0.39 is 24.2 Å². The molecule has 0 bridgehead atoms. The number of nitrogens with one attached hydrogen (secondary N) is 1. The minimum absolute atomic E-state index is 0.0495. The third-order valence-corrected chi connectivity index (χ3v) is 4.42. The first-order chi connectivity index (χ1) is 13.4. The number of rotatable bonds is 7. The Morgan fingerprint density at radius 3 is 2.64 bits per heavy atom. The molecule has 1 aromatic heterocycles. The van der Waals surface area contributed by atoms with Gasteiger partial charge in [0.2, 0.25) is 0 Å². The van der Waals surface area contributed by atoms with E-state index in [0.717, 1.165) is 0 Å². The molecule has 0 atom stereocenters. The van der Waals surface area contributed by atoms with Gasteiger partial charge in [0, 0.05) is 27.6 Å². The van der Waals surface area contributed by atoms with E-state index in [9.17, 15) is 23.5 Å². The Labute approximate surface area is 162 Å². The molecule has 28 heavy (non-hydrogen) atoms. The van der Waals surface area contributed by atoms with Crippen molar-refractivity contribution >= 4 is 40.3 Å². The average molecular weight is 407 g/mol. The molecule has 6 nitrogen and oxygen atoms in total. The van der Waals surface area contributed by atoms with Crippen molar-refractivity contribution in [1.29, 1.82) is 0 Å². The Morgan fingerprint density at radius 2 is 1.93 bits per heavy atom. The smallest absolute Gasteiger partial charge is 0.310 e. The first-order valence-electron chi connectivity index (χ1n) is 8.10. The van der Waals surface area contributed by atoms with Gasteiger partial charge in [-0.05, 0) is 36.4 Å². The summed E-state index contributed by atoms with van der Waals surface area (Å²) in [7, 11) is 0. The van der Waals surface area contributed by atoms with Crippen LogP contribution in [0.15, 0.2) is 58.0 Å². The zero-order valence-corrected chi connectivity index (χ0v) is 15.2. The highest BCUT2D eigenvalue weighted by molar-refractivity contribution is 7.99. The van der Waals surface area contributed by atoms with Crippen LogP contribution in [0.5, 0.6) is 5.75 Å². The van der Waals surface area contributed by atoms with Gasteiger partial charge < -0.3 is 19.6 Å². The fourth-order valence-corrected chi connectivity index (χ4v) is 2.98. The number of carbonyl (C=O) groups excluding carboxylic acids is 2. The number of amides is 1. The van der Waals surface area contributed by atoms with Crippen molar-refractivity contribution in [2.45, 2.75) is 17.1 Å². The van der Waals surface area contributed by atoms with Gasteiger partial charge in [0.1, 0.15) is 11.3 Å². The molecule has 1 heterocycles. The Kier molecular flexibility index (Phi) is 6.15. The molecule has 0 saturated heterocycles. The minimum atomic E-state index is -2.52. The van der Waals surface area contributed by atoms with E-state index in [1.54, 1.807) is 6.07 Å². The molecule has 2 aromatic carbocycles. The SMILES string of the molecule is O=C(COC(=O)Cc1coc2cc(O)ccc12)Nc1ccc(SC(F)F)cc1. The number of halogens is 2. The van der Waals surface area contributed by atoms with E-state index in [4.69, 9.17) is 9.15 Å². The number of fused-ring (bicyclic) bond motifs is 1. The first kappa shape index (κ1) is 19.7. The number of thioether (sulfide) groups is 1. The van der Waals surface area contributed by atoms with E-state index in [1.807, 2.05) is 0 Å². The number of hydrogen-bond acceptors (Lipinski definition) is 6. The monoisotopic (exact) mass is 407 g/mol. The van der Waals surface area contributed by atoms with Crippen molar-refractivity contribution in [1.82, 2.24) is 0 Å². The van der Waals surface area contributed by atoms with Gasteiger partial charge >= 0.3 is 5.97 Å². The number of furan rings is 1. The van der Waals surface area contributed by atoms with Gasteiger partial charge in [0.25, 0.3) is 11.7 Å². The van der Waals surface area contributed by atoms with Gasteiger partial charge in [-0.3, -0.25) is 9.59 Å². The number of anilines is 1.